The zero-order valence-corrected chi connectivity index (χ0v) is 16.9. The summed E-state index contributed by atoms with van der Waals surface area (Å²) >= 11 is 6.10. The molecule has 3 rings (SSSR count). The summed E-state index contributed by atoms with van der Waals surface area (Å²) in [6.07, 6.45) is 1.58. The van der Waals surface area contributed by atoms with E-state index in [0.29, 0.717) is 13.1 Å². The summed E-state index contributed by atoms with van der Waals surface area (Å²) in [6, 6.07) is 2.64. The Hall–Kier alpha value is -0.865. The lowest BCUT2D eigenvalue weighted by Crippen LogP contribution is -2.41. The molecule has 0 amide bonds. The molecule has 1 N–H and O–H groups in total. The van der Waals surface area contributed by atoms with Crippen LogP contribution in [0, 0.1) is 5.82 Å². The first-order valence-electron chi connectivity index (χ1n) is 8.55. The van der Waals surface area contributed by atoms with Crippen LogP contribution in [-0.4, -0.2) is 44.1 Å². The Morgan fingerprint density at radius 1 is 1.15 bits per heavy atom. The number of rotatable bonds is 4. The molecule has 0 saturated carbocycles. The number of anilines is 1. The zero-order chi connectivity index (χ0) is 19.3. The largest absolute Gasteiger partial charge is 0.497 e. The maximum atomic E-state index is 15.1. The van der Waals surface area contributed by atoms with Crippen molar-refractivity contribution < 1.29 is 22.1 Å². The molecule has 2 heterocycles. The summed E-state index contributed by atoms with van der Waals surface area (Å²) in [4.78, 5) is 0. The maximum absolute atomic E-state index is 15.1. The zero-order valence-electron chi connectivity index (χ0n) is 15.3. The predicted molar refractivity (Wildman–Crippen MR) is 100 cm³/mol. The summed E-state index contributed by atoms with van der Waals surface area (Å²) in [6.45, 7) is 8.25. The Labute approximate surface area is 159 Å². The lowest BCUT2D eigenvalue weighted by molar-refractivity contribution is 0.00578. The number of benzene rings is 1. The number of hydrogen-bond donors (Lipinski definition) is 1. The molecule has 0 unspecified atom stereocenters. The third-order valence-corrected chi connectivity index (χ3v) is 6.96. The van der Waals surface area contributed by atoms with Gasteiger partial charge in [-0.05, 0) is 52.7 Å². The minimum atomic E-state index is -3.84. The van der Waals surface area contributed by atoms with Gasteiger partial charge in [0.15, 0.2) is 0 Å². The van der Waals surface area contributed by atoms with Gasteiger partial charge >= 0.3 is 17.3 Å². The van der Waals surface area contributed by atoms with Gasteiger partial charge in [0.25, 0.3) is 0 Å². The quantitative estimate of drug-likeness (QED) is 0.783. The molecule has 0 aliphatic carbocycles. The van der Waals surface area contributed by atoms with Gasteiger partial charge in [0, 0.05) is 23.6 Å². The summed E-state index contributed by atoms with van der Waals surface area (Å²) in [5.74, 6) is -0.754. The van der Waals surface area contributed by atoms with Crippen LogP contribution >= 0.6 is 11.6 Å². The summed E-state index contributed by atoms with van der Waals surface area (Å²) in [5, 5.41) is 0.190. The molecule has 0 radical (unpaired) electrons. The first kappa shape index (κ1) is 19.9. The third-order valence-electron chi connectivity index (χ3n) is 5.22. The highest BCUT2D eigenvalue weighted by atomic mass is 35.5. The third kappa shape index (κ3) is 3.60. The average molecular weight is 405 g/mol. The molecule has 2 saturated heterocycles. The van der Waals surface area contributed by atoms with Crippen LogP contribution in [0.15, 0.2) is 12.1 Å². The van der Waals surface area contributed by atoms with Gasteiger partial charge in [-0.25, -0.2) is 4.39 Å². The molecule has 6 nitrogen and oxygen atoms in total. The molecule has 0 aromatic heterocycles. The smallest absolute Gasteiger partial charge is 0.399 e. The topological polar surface area (TPSA) is 67.9 Å². The molecule has 144 valence electrons. The minimum Gasteiger partial charge on any atom is -0.399 e. The van der Waals surface area contributed by atoms with Gasteiger partial charge in [-0.15, -0.1) is 0 Å². The molecule has 0 bridgehead atoms. The van der Waals surface area contributed by atoms with Crippen LogP contribution in [0.1, 0.15) is 40.5 Å². The SMILES string of the molecule is CC1(C)OB(c2cc(Cl)cc(NS(=O)(=O)N3CCCC3)c2F)OC1(C)C. The second kappa shape index (κ2) is 6.63. The summed E-state index contributed by atoms with van der Waals surface area (Å²) < 4.78 is 55.3. The van der Waals surface area contributed by atoms with Gasteiger partial charge in [-0.1, -0.05) is 11.6 Å². The Morgan fingerprint density at radius 3 is 2.23 bits per heavy atom. The van der Waals surface area contributed by atoms with Crippen LogP contribution in [-0.2, 0) is 19.5 Å². The van der Waals surface area contributed by atoms with Gasteiger partial charge < -0.3 is 9.31 Å². The highest BCUT2D eigenvalue weighted by molar-refractivity contribution is 7.90. The molecule has 0 atom stereocenters. The Kier molecular flexibility index (Phi) is 5.07. The van der Waals surface area contributed by atoms with Crippen molar-refractivity contribution in [2.75, 3.05) is 17.8 Å². The standard InChI is InChI=1S/C16H23BClFN2O4S/c1-15(2)16(3,4)25-17(24-15)12-9-11(18)10-13(14(12)19)20-26(22,23)21-7-5-6-8-21/h9-10,20H,5-8H2,1-4H3. The lowest BCUT2D eigenvalue weighted by atomic mass is 9.78. The first-order chi connectivity index (χ1) is 11.9. The van der Waals surface area contributed by atoms with Gasteiger partial charge in [-0.3, -0.25) is 4.72 Å². The molecule has 2 fully saturated rings. The Bertz CT molecular complexity index is 797. The van der Waals surface area contributed by atoms with E-state index in [4.69, 9.17) is 20.9 Å². The van der Waals surface area contributed by atoms with E-state index in [9.17, 15) is 8.42 Å². The lowest BCUT2D eigenvalue weighted by Gasteiger charge is -2.32. The van der Waals surface area contributed by atoms with Gasteiger partial charge in [0.1, 0.15) is 5.82 Å². The molecule has 1 aromatic rings. The molecular weight excluding hydrogens is 382 g/mol. The molecule has 1 aromatic carbocycles. The normalized spacial score (nSPS) is 22.8. The van der Waals surface area contributed by atoms with Crippen molar-refractivity contribution in [1.29, 1.82) is 0 Å². The highest BCUT2D eigenvalue weighted by Crippen LogP contribution is 2.37. The van der Waals surface area contributed by atoms with Crippen molar-refractivity contribution in [2.24, 2.45) is 0 Å². The van der Waals surface area contributed by atoms with E-state index in [2.05, 4.69) is 4.72 Å². The van der Waals surface area contributed by atoms with Gasteiger partial charge in [-0.2, -0.15) is 12.7 Å². The van der Waals surface area contributed by atoms with Crippen molar-refractivity contribution in [3.63, 3.8) is 0 Å². The monoisotopic (exact) mass is 404 g/mol. The van der Waals surface area contributed by atoms with Crippen LogP contribution < -0.4 is 10.2 Å². The summed E-state index contributed by atoms with van der Waals surface area (Å²) in [5.41, 5.74) is -1.45. The van der Waals surface area contributed by atoms with Crippen LogP contribution in [0.4, 0.5) is 10.1 Å². The van der Waals surface area contributed by atoms with Crippen LogP contribution in [0.25, 0.3) is 0 Å². The van der Waals surface area contributed by atoms with Crippen molar-refractivity contribution in [3.05, 3.63) is 23.0 Å². The molecule has 26 heavy (non-hydrogen) atoms. The number of hydrogen-bond acceptors (Lipinski definition) is 4. The Morgan fingerprint density at radius 2 is 1.69 bits per heavy atom. The fourth-order valence-corrected chi connectivity index (χ4v) is 4.48. The number of halogens is 2. The van der Waals surface area contributed by atoms with E-state index in [1.807, 2.05) is 27.7 Å². The molecule has 0 spiro atoms. The highest BCUT2D eigenvalue weighted by Gasteiger charge is 2.52. The van der Waals surface area contributed by atoms with Gasteiger partial charge in [0.2, 0.25) is 0 Å². The van der Waals surface area contributed by atoms with E-state index in [1.165, 1.54) is 16.4 Å². The Balaban J connectivity index is 1.93. The molecular formula is C16H23BClFN2O4S. The van der Waals surface area contributed by atoms with E-state index in [0.717, 1.165) is 12.8 Å². The fourth-order valence-electron chi connectivity index (χ4n) is 2.96. The van der Waals surface area contributed by atoms with E-state index >= 15 is 4.39 Å². The molecule has 10 heteroatoms. The second-order valence-corrected chi connectivity index (χ2v) is 9.77. The van der Waals surface area contributed by atoms with Gasteiger partial charge in [0.05, 0.1) is 16.9 Å². The average Bonchev–Trinajstić information content (AvgIpc) is 3.10. The fraction of sp³-hybridized carbons (Fsp3) is 0.625. The number of nitrogens with one attached hydrogen (secondary N) is 1. The van der Waals surface area contributed by atoms with Crippen molar-refractivity contribution in [2.45, 2.75) is 51.7 Å². The van der Waals surface area contributed by atoms with Crippen LogP contribution in [0.5, 0.6) is 0 Å². The summed E-state index contributed by atoms with van der Waals surface area (Å²) in [7, 11) is -4.81. The second-order valence-electron chi connectivity index (χ2n) is 7.66. The number of nitrogens with zero attached hydrogens (tertiary/aromatic N) is 1. The van der Waals surface area contributed by atoms with E-state index in [-0.39, 0.29) is 16.2 Å². The minimum absolute atomic E-state index is 0.0651. The van der Waals surface area contributed by atoms with Crippen LogP contribution in [0.3, 0.4) is 0 Å². The molecule has 2 aliphatic rings. The predicted octanol–water partition coefficient (Wildman–Crippen LogP) is 2.53. The van der Waals surface area contributed by atoms with Crippen molar-refractivity contribution in [1.82, 2.24) is 4.31 Å². The van der Waals surface area contributed by atoms with E-state index < -0.39 is 34.3 Å². The van der Waals surface area contributed by atoms with Crippen molar-refractivity contribution >= 4 is 40.1 Å². The van der Waals surface area contributed by atoms with Crippen molar-refractivity contribution in [3.8, 4) is 0 Å². The molecule has 2 aliphatic heterocycles. The first-order valence-corrected chi connectivity index (χ1v) is 10.4. The van der Waals surface area contributed by atoms with Crippen LogP contribution in [0.2, 0.25) is 5.02 Å². The van der Waals surface area contributed by atoms with E-state index in [1.54, 1.807) is 0 Å². The maximum Gasteiger partial charge on any atom is 0.497 e.